The minimum absolute atomic E-state index is 0.0852. The van der Waals surface area contributed by atoms with Gasteiger partial charge < -0.3 is 15.4 Å². The molecule has 6 heteroatoms. The molecule has 6 nitrogen and oxygen atoms in total. The third-order valence-electron chi connectivity index (χ3n) is 2.64. The largest absolute Gasteiger partial charge is 0.379 e. The monoisotopic (exact) mass is 236 g/mol. The van der Waals surface area contributed by atoms with Crippen LogP contribution in [0.3, 0.4) is 0 Å². The molecule has 17 heavy (non-hydrogen) atoms. The summed E-state index contributed by atoms with van der Waals surface area (Å²) in [7, 11) is 1.75. The van der Waals surface area contributed by atoms with E-state index in [1.165, 1.54) is 12.4 Å². The fraction of sp³-hybridized carbons (Fsp3) is 0.545. The van der Waals surface area contributed by atoms with Crippen molar-refractivity contribution in [1.29, 1.82) is 0 Å². The topological polar surface area (TPSA) is 76.1 Å². The molecule has 0 saturated carbocycles. The van der Waals surface area contributed by atoms with Gasteiger partial charge in [-0.05, 0) is 12.8 Å². The number of amides is 1. The molecule has 2 rings (SSSR count). The maximum atomic E-state index is 11.8. The standard InChI is InChI=1S/C11H16N4O2/c1-12-10-6-13-9(5-14-10)11(16)15-8-3-2-4-17-7-8/h5-6,8H,2-4,7H2,1H3,(H,12,14)(H,15,16). The Morgan fingerprint density at radius 1 is 1.47 bits per heavy atom. The van der Waals surface area contributed by atoms with E-state index in [1.807, 2.05) is 0 Å². The Morgan fingerprint density at radius 3 is 2.94 bits per heavy atom. The summed E-state index contributed by atoms with van der Waals surface area (Å²) in [4.78, 5) is 19.9. The van der Waals surface area contributed by atoms with Crippen molar-refractivity contribution in [3.8, 4) is 0 Å². The molecule has 92 valence electrons. The highest BCUT2D eigenvalue weighted by molar-refractivity contribution is 5.92. The summed E-state index contributed by atoms with van der Waals surface area (Å²) >= 11 is 0. The zero-order valence-corrected chi connectivity index (χ0v) is 9.77. The molecule has 1 aromatic heterocycles. The summed E-state index contributed by atoms with van der Waals surface area (Å²) in [6.07, 6.45) is 4.93. The van der Waals surface area contributed by atoms with Crippen molar-refractivity contribution in [3.05, 3.63) is 18.1 Å². The minimum Gasteiger partial charge on any atom is -0.379 e. The summed E-state index contributed by atoms with van der Waals surface area (Å²) in [5.41, 5.74) is 0.328. The zero-order valence-electron chi connectivity index (χ0n) is 9.77. The smallest absolute Gasteiger partial charge is 0.271 e. The van der Waals surface area contributed by atoms with Gasteiger partial charge in [0.05, 0.1) is 25.0 Å². The highest BCUT2D eigenvalue weighted by Gasteiger charge is 2.17. The maximum absolute atomic E-state index is 11.8. The van der Waals surface area contributed by atoms with E-state index >= 15 is 0 Å². The summed E-state index contributed by atoms with van der Waals surface area (Å²) in [5.74, 6) is 0.443. The van der Waals surface area contributed by atoms with Crippen LogP contribution in [0.4, 0.5) is 5.82 Å². The van der Waals surface area contributed by atoms with Crippen molar-refractivity contribution in [2.45, 2.75) is 18.9 Å². The maximum Gasteiger partial charge on any atom is 0.271 e. The number of nitrogens with zero attached hydrogens (tertiary/aromatic N) is 2. The number of nitrogens with one attached hydrogen (secondary N) is 2. The predicted octanol–water partition coefficient (Wildman–Crippen LogP) is 0.427. The lowest BCUT2D eigenvalue weighted by Gasteiger charge is -2.22. The van der Waals surface area contributed by atoms with Gasteiger partial charge in [0.25, 0.3) is 5.91 Å². The first-order chi connectivity index (χ1) is 8.29. The molecule has 1 fully saturated rings. The zero-order chi connectivity index (χ0) is 12.1. The average molecular weight is 236 g/mol. The van der Waals surface area contributed by atoms with Crippen LogP contribution in [0.2, 0.25) is 0 Å². The van der Waals surface area contributed by atoms with E-state index in [2.05, 4.69) is 20.6 Å². The van der Waals surface area contributed by atoms with E-state index in [1.54, 1.807) is 7.05 Å². The number of ether oxygens (including phenoxy) is 1. The Hall–Kier alpha value is -1.69. The second kappa shape index (κ2) is 5.58. The van der Waals surface area contributed by atoms with Crippen LogP contribution in [-0.2, 0) is 4.74 Å². The second-order valence-electron chi connectivity index (χ2n) is 3.92. The van der Waals surface area contributed by atoms with Gasteiger partial charge in [0.1, 0.15) is 11.5 Å². The Kier molecular flexibility index (Phi) is 3.87. The molecule has 0 aliphatic carbocycles. The van der Waals surface area contributed by atoms with Crippen LogP contribution in [0.5, 0.6) is 0 Å². The van der Waals surface area contributed by atoms with Crippen molar-refractivity contribution in [2.24, 2.45) is 0 Å². The van der Waals surface area contributed by atoms with Gasteiger partial charge in [-0.25, -0.2) is 9.97 Å². The molecular formula is C11H16N4O2. The third kappa shape index (κ3) is 3.13. The molecule has 0 aromatic carbocycles. The van der Waals surface area contributed by atoms with Gasteiger partial charge in [0, 0.05) is 13.7 Å². The molecule has 2 N–H and O–H groups in total. The van der Waals surface area contributed by atoms with Crippen LogP contribution in [-0.4, -0.2) is 42.2 Å². The molecule has 1 atom stereocenters. The Bertz CT molecular complexity index is 374. The number of anilines is 1. The van der Waals surface area contributed by atoms with Gasteiger partial charge in [-0.3, -0.25) is 4.79 Å². The minimum atomic E-state index is -0.198. The lowest BCUT2D eigenvalue weighted by Crippen LogP contribution is -2.40. The van der Waals surface area contributed by atoms with E-state index in [0.717, 1.165) is 19.4 Å². The van der Waals surface area contributed by atoms with Gasteiger partial charge in [-0.15, -0.1) is 0 Å². The fourth-order valence-corrected chi connectivity index (χ4v) is 1.69. The molecule has 1 aliphatic rings. The van der Waals surface area contributed by atoms with Gasteiger partial charge in [-0.1, -0.05) is 0 Å². The molecule has 0 radical (unpaired) electrons. The molecule has 0 bridgehead atoms. The fourth-order valence-electron chi connectivity index (χ4n) is 1.69. The van der Waals surface area contributed by atoms with Crippen molar-refractivity contribution < 1.29 is 9.53 Å². The Labute approximate surface area is 99.8 Å². The van der Waals surface area contributed by atoms with Crippen LogP contribution >= 0.6 is 0 Å². The third-order valence-corrected chi connectivity index (χ3v) is 2.64. The lowest BCUT2D eigenvalue weighted by molar-refractivity contribution is 0.0622. The van der Waals surface area contributed by atoms with E-state index in [9.17, 15) is 4.79 Å². The Balaban J connectivity index is 1.93. The molecule has 1 amide bonds. The number of carbonyl (C=O) groups is 1. The normalized spacial score (nSPS) is 19.7. The van der Waals surface area contributed by atoms with Gasteiger partial charge >= 0.3 is 0 Å². The highest BCUT2D eigenvalue weighted by Crippen LogP contribution is 2.07. The van der Waals surface area contributed by atoms with E-state index in [-0.39, 0.29) is 11.9 Å². The lowest BCUT2D eigenvalue weighted by atomic mass is 10.1. The average Bonchev–Trinajstić information content (AvgIpc) is 2.40. The van der Waals surface area contributed by atoms with Crippen molar-refractivity contribution in [2.75, 3.05) is 25.6 Å². The SMILES string of the molecule is CNc1cnc(C(=O)NC2CCCOC2)cn1. The first-order valence-corrected chi connectivity index (χ1v) is 5.68. The Morgan fingerprint density at radius 2 is 2.35 bits per heavy atom. The molecular weight excluding hydrogens is 220 g/mol. The van der Waals surface area contributed by atoms with Crippen LogP contribution in [0.15, 0.2) is 12.4 Å². The van der Waals surface area contributed by atoms with E-state index in [0.29, 0.717) is 18.1 Å². The van der Waals surface area contributed by atoms with Crippen LogP contribution in [0, 0.1) is 0 Å². The first-order valence-electron chi connectivity index (χ1n) is 5.68. The van der Waals surface area contributed by atoms with Gasteiger partial charge in [0.15, 0.2) is 0 Å². The predicted molar refractivity (Wildman–Crippen MR) is 62.9 cm³/mol. The van der Waals surface area contributed by atoms with Crippen molar-refractivity contribution in [3.63, 3.8) is 0 Å². The highest BCUT2D eigenvalue weighted by atomic mass is 16.5. The first kappa shape index (κ1) is 11.8. The molecule has 1 unspecified atom stereocenters. The number of rotatable bonds is 3. The van der Waals surface area contributed by atoms with Crippen LogP contribution in [0.25, 0.3) is 0 Å². The summed E-state index contributed by atoms with van der Waals surface area (Å²) in [6, 6.07) is 0.0852. The molecule has 1 aromatic rings. The van der Waals surface area contributed by atoms with Crippen LogP contribution < -0.4 is 10.6 Å². The number of carbonyl (C=O) groups excluding carboxylic acids is 1. The number of hydrogen-bond acceptors (Lipinski definition) is 5. The quantitative estimate of drug-likeness (QED) is 0.795. The van der Waals surface area contributed by atoms with Crippen LogP contribution in [0.1, 0.15) is 23.3 Å². The molecule has 2 heterocycles. The molecule has 1 aliphatic heterocycles. The molecule has 1 saturated heterocycles. The van der Waals surface area contributed by atoms with E-state index in [4.69, 9.17) is 4.74 Å². The van der Waals surface area contributed by atoms with Crippen molar-refractivity contribution in [1.82, 2.24) is 15.3 Å². The summed E-state index contributed by atoms with van der Waals surface area (Å²) in [5, 5.41) is 5.73. The molecule has 0 spiro atoms. The summed E-state index contributed by atoms with van der Waals surface area (Å²) < 4.78 is 5.29. The van der Waals surface area contributed by atoms with E-state index < -0.39 is 0 Å². The second-order valence-corrected chi connectivity index (χ2v) is 3.92. The number of aromatic nitrogens is 2. The van der Waals surface area contributed by atoms with Crippen molar-refractivity contribution >= 4 is 11.7 Å². The summed E-state index contributed by atoms with van der Waals surface area (Å²) in [6.45, 7) is 1.36. The number of hydrogen-bond donors (Lipinski definition) is 2. The van der Waals surface area contributed by atoms with Gasteiger partial charge in [-0.2, -0.15) is 0 Å². The van der Waals surface area contributed by atoms with Gasteiger partial charge in [0.2, 0.25) is 0 Å².